The molecular weight excluding hydrogens is 423 g/mol. The van der Waals surface area contributed by atoms with E-state index in [1.54, 1.807) is 0 Å². The summed E-state index contributed by atoms with van der Waals surface area (Å²) >= 11 is 0. The molecule has 0 spiro atoms. The Labute approximate surface area is 193 Å². The molecule has 2 aliphatic rings. The highest BCUT2D eigenvalue weighted by Gasteiger charge is 2.51. The van der Waals surface area contributed by atoms with E-state index in [0.29, 0.717) is 6.61 Å². The van der Waals surface area contributed by atoms with Gasteiger partial charge in [0.1, 0.15) is 24.4 Å². The van der Waals surface area contributed by atoms with Gasteiger partial charge in [-0.25, -0.2) is 4.39 Å². The van der Waals surface area contributed by atoms with E-state index in [1.807, 2.05) is 91.0 Å². The standard InChI is InChI=1S/C27H27FO5/c28-26-25(30-17-20-12-6-2-7-13-20)24(29-16-19-10-4-1-5-11-19)23-22(32-26)18-31-27(33-23)21-14-8-3-9-15-21/h1-15,22-27H,16-18H2/t22-,23+,24+,25-,26-,27?/m1/s1. The second-order valence-electron chi connectivity index (χ2n) is 8.22. The highest BCUT2D eigenvalue weighted by atomic mass is 19.1. The van der Waals surface area contributed by atoms with E-state index in [4.69, 9.17) is 23.7 Å². The molecule has 0 aromatic heterocycles. The Morgan fingerprint density at radius 3 is 1.85 bits per heavy atom. The van der Waals surface area contributed by atoms with Crippen molar-refractivity contribution in [3.05, 3.63) is 108 Å². The topological polar surface area (TPSA) is 46.2 Å². The van der Waals surface area contributed by atoms with Crippen molar-refractivity contribution in [1.29, 1.82) is 0 Å². The lowest BCUT2D eigenvalue weighted by molar-refractivity contribution is -0.355. The van der Waals surface area contributed by atoms with Gasteiger partial charge >= 0.3 is 0 Å². The van der Waals surface area contributed by atoms with Crippen molar-refractivity contribution in [2.45, 2.75) is 50.3 Å². The maximum atomic E-state index is 15.2. The molecule has 1 unspecified atom stereocenters. The zero-order chi connectivity index (χ0) is 22.5. The van der Waals surface area contributed by atoms with Crippen LogP contribution in [0.3, 0.4) is 0 Å². The zero-order valence-electron chi connectivity index (χ0n) is 18.2. The number of halogens is 1. The SMILES string of the molecule is F[C@@H]1O[C@@H]2COC(c3ccccc3)O[C@@H]2[C@H](OCc2ccccc2)[C@H]1OCc1ccccc1. The van der Waals surface area contributed by atoms with Crippen molar-refractivity contribution in [1.82, 2.24) is 0 Å². The molecule has 2 aliphatic heterocycles. The van der Waals surface area contributed by atoms with Crippen molar-refractivity contribution >= 4 is 0 Å². The molecule has 6 heteroatoms. The predicted octanol–water partition coefficient (Wildman–Crippen LogP) is 4.97. The normalized spacial score (nSPS) is 29.4. The summed E-state index contributed by atoms with van der Waals surface area (Å²) in [5, 5.41) is 0. The molecule has 5 nitrogen and oxygen atoms in total. The molecule has 0 bridgehead atoms. The smallest absolute Gasteiger partial charge is 0.228 e. The summed E-state index contributed by atoms with van der Waals surface area (Å²) in [4.78, 5) is 0. The van der Waals surface area contributed by atoms with E-state index >= 15 is 4.39 Å². The number of hydrogen-bond acceptors (Lipinski definition) is 5. The van der Waals surface area contributed by atoms with Gasteiger partial charge in [-0.2, -0.15) is 0 Å². The second kappa shape index (κ2) is 10.5. The van der Waals surface area contributed by atoms with Crippen LogP contribution in [-0.4, -0.2) is 37.4 Å². The van der Waals surface area contributed by atoms with E-state index in [-0.39, 0.29) is 13.2 Å². The van der Waals surface area contributed by atoms with Crippen molar-refractivity contribution in [2.24, 2.45) is 0 Å². The Bertz CT molecular complexity index is 987. The van der Waals surface area contributed by atoms with Gasteiger partial charge in [-0.3, -0.25) is 0 Å². The molecule has 3 aromatic carbocycles. The van der Waals surface area contributed by atoms with Gasteiger partial charge in [0.2, 0.25) is 6.36 Å². The Balaban J connectivity index is 1.36. The summed E-state index contributed by atoms with van der Waals surface area (Å²) in [5.74, 6) is 0. The summed E-state index contributed by atoms with van der Waals surface area (Å²) < 4.78 is 45.2. The second-order valence-corrected chi connectivity index (χ2v) is 8.22. The molecule has 0 saturated carbocycles. The summed E-state index contributed by atoms with van der Waals surface area (Å²) in [6.45, 7) is 0.768. The Morgan fingerprint density at radius 1 is 0.697 bits per heavy atom. The average molecular weight is 451 g/mol. The molecule has 0 amide bonds. The van der Waals surface area contributed by atoms with Crippen molar-refractivity contribution < 1.29 is 28.1 Å². The fourth-order valence-electron chi connectivity index (χ4n) is 4.21. The van der Waals surface area contributed by atoms with E-state index in [0.717, 1.165) is 16.7 Å². The van der Waals surface area contributed by atoms with Gasteiger partial charge in [-0.05, 0) is 11.1 Å². The fraction of sp³-hybridized carbons (Fsp3) is 0.333. The van der Waals surface area contributed by atoms with Gasteiger partial charge in [0.25, 0.3) is 0 Å². The van der Waals surface area contributed by atoms with Crippen LogP contribution in [0.2, 0.25) is 0 Å². The van der Waals surface area contributed by atoms with E-state index in [9.17, 15) is 0 Å². The Morgan fingerprint density at radius 2 is 1.24 bits per heavy atom. The molecule has 2 saturated heterocycles. The van der Waals surface area contributed by atoms with Crippen LogP contribution in [0.25, 0.3) is 0 Å². The van der Waals surface area contributed by atoms with Gasteiger partial charge in [0, 0.05) is 5.56 Å². The Hall–Kier alpha value is -2.61. The van der Waals surface area contributed by atoms with Gasteiger partial charge in [-0.1, -0.05) is 91.0 Å². The lowest BCUT2D eigenvalue weighted by atomic mass is 9.97. The minimum absolute atomic E-state index is 0.210. The summed E-state index contributed by atoms with van der Waals surface area (Å²) in [7, 11) is 0. The van der Waals surface area contributed by atoms with Gasteiger partial charge < -0.3 is 23.7 Å². The van der Waals surface area contributed by atoms with Gasteiger partial charge in [-0.15, -0.1) is 0 Å². The number of benzene rings is 3. The third-order valence-corrected chi connectivity index (χ3v) is 5.91. The van der Waals surface area contributed by atoms with Crippen LogP contribution < -0.4 is 0 Å². The number of ether oxygens (including phenoxy) is 5. The Kier molecular flexibility index (Phi) is 7.09. The van der Waals surface area contributed by atoms with Crippen LogP contribution in [0.1, 0.15) is 23.0 Å². The first-order valence-electron chi connectivity index (χ1n) is 11.2. The quantitative estimate of drug-likeness (QED) is 0.509. The molecule has 0 N–H and O–H groups in total. The van der Waals surface area contributed by atoms with Crippen molar-refractivity contribution in [3.8, 4) is 0 Å². The van der Waals surface area contributed by atoms with Crippen LogP contribution in [0, 0.1) is 0 Å². The lowest BCUT2D eigenvalue weighted by Crippen LogP contribution is -2.62. The fourth-order valence-corrected chi connectivity index (χ4v) is 4.21. The van der Waals surface area contributed by atoms with Crippen LogP contribution in [0.5, 0.6) is 0 Å². The molecule has 3 aromatic rings. The van der Waals surface area contributed by atoms with E-state index in [1.165, 1.54) is 0 Å². The first kappa shape index (κ1) is 22.2. The molecule has 172 valence electrons. The third-order valence-electron chi connectivity index (χ3n) is 5.91. The minimum Gasteiger partial charge on any atom is -0.368 e. The first-order valence-corrected chi connectivity index (χ1v) is 11.2. The minimum atomic E-state index is -1.66. The lowest BCUT2D eigenvalue weighted by Gasteiger charge is -2.47. The molecule has 6 atom stereocenters. The molecule has 0 aliphatic carbocycles. The molecule has 2 heterocycles. The maximum absolute atomic E-state index is 15.2. The van der Waals surface area contributed by atoms with Gasteiger partial charge in [0.15, 0.2) is 6.29 Å². The largest absolute Gasteiger partial charge is 0.368 e. The molecule has 33 heavy (non-hydrogen) atoms. The third kappa shape index (κ3) is 5.32. The molecule has 5 rings (SSSR count). The van der Waals surface area contributed by atoms with Crippen molar-refractivity contribution in [2.75, 3.05) is 6.61 Å². The number of rotatable bonds is 7. The summed E-state index contributed by atoms with van der Waals surface area (Å²) in [6, 6.07) is 29.1. The highest BCUT2D eigenvalue weighted by Crippen LogP contribution is 2.37. The highest BCUT2D eigenvalue weighted by molar-refractivity contribution is 5.17. The van der Waals surface area contributed by atoms with Crippen LogP contribution in [0.15, 0.2) is 91.0 Å². The van der Waals surface area contributed by atoms with Crippen LogP contribution in [-0.2, 0) is 36.9 Å². The summed E-state index contributed by atoms with van der Waals surface area (Å²) in [5.41, 5.74) is 2.83. The monoisotopic (exact) mass is 450 g/mol. The molecule has 2 fully saturated rings. The van der Waals surface area contributed by atoms with E-state index < -0.39 is 37.1 Å². The molecular formula is C27H27FO5. The number of alkyl halides is 1. The average Bonchev–Trinajstić information content (AvgIpc) is 2.88. The molecule has 0 radical (unpaired) electrons. The number of hydrogen-bond donors (Lipinski definition) is 0. The zero-order valence-corrected chi connectivity index (χ0v) is 18.2. The van der Waals surface area contributed by atoms with Crippen LogP contribution in [0.4, 0.5) is 4.39 Å². The summed E-state index contributed by atoms with van der Waals surface area (Å²) in [6.07, 6.45) is -4.97. The van der Waals surface area contributed by atoms with Gasteiger partial charge in [0.05, 0.1) is 19.8 Å². The maximum Gasteiger partial charge on any atom is 0.228 e. The van der Waals surface area contributed by atoms with Crippen LogP contribution >= 0.6 is 0 Å². The predicted molar refractivity (Wildman–Crippen MR) is 120 cm³/mol. The van der Waals surface area contributed by atoms with Crippen molar-refractivity contribution in [3.63, 3.8) is 0 Å². The van der Waals surface area contributed by atoms with E-state index in [2.05, 4.69) is 0 Å². The first-order chi connectivity index (χ1) is 16.3. The number of fused-ring (bicyclic) bond motifs is 1.